The summed E-state index contributed by atoms with van der Waals surface area (Å²) in [5.41, 5.74) is 2.84. The third-order valence-electron chi connectivity index (χ3n) is 8.69. The van der Waals surface area contributed by atoms with Gasteiger partial charge in [0.25, 0.3) is 0 Å². The molecule has 2 aromatic rings. The van der Waals surface area contributed by atoms with Crippen molar-refractivity contribution >= 4 is 0 Å². The van der Waals surface area contributed by atoms with E-state index in [2.05, 4.69) is 19.1 Å². The molecule has 4 rings (SSSR count). The Morgan fingerprint density at radius 3 is 1.88 bits per heavy atom. The number of halogens is 3. The molecular formula is C31H41F3. The lowest BCUT2D eigenvalue weighted by molar-refractivity contribution is 0.156. The van der Waals surface area contributed by atoms with Crippen LogP contribution in [0.4, 0.5) is 13.2 Å². The second-order valence-corrected chi connectivity index (χ2v) is 10.9. The van der Waals surface area contributed by atoms with Gasteiger partial charge in [0, 0.05) is 5.56 Å². The molecule has 0 nitrogen and oxygen atoms in total. The molecule has 2 saturated carbocycles. The van der Waals surface area contributed by atoms with Crippen LogP contribution in [0.1, 0.15) is 101 Å². The van der Waals surface area contributed by atoms with Crippen molar-refractivity contribution in [3.05, 3.63) is 59.2 Å². The van der Waals surface area contributed by atoms with Gasteiger partial charge in [0.2, 0.25) is 0 Å². The van der Waals surface area contributed by atoms with Crippen LogP contribution in [0, 0.1) is 29.4 Å². The molecule has 0 aromatic heterocycles. The summed E-state index contributed by atoms with van der Waals surface area (Å²) in [6, 6.07) is 11.2. The minimum atomic E-state index is -0.528. The van der Waals surface area contributed by atoms with Gasteiger partial charge in [0.05, 0.1) is 6.67 Å². The summed E-state index contributed by atoms with van der Waals surface area (Å²) in [4.78, 5) is 0. The average molecular weight is 471 g/mol. The predicted molar refractivity (Wildman–Crippen MR) is 136 cm³/mol. The van der Waals surface area contributed by atoms with Gasteiger partial charge in [-0.2, -0.15) is 0 Å². The van der Waals surface area contributed by atoms with Gasteiger partial charge in [0.15, 0.2) is 0 Å². The standard InChI is InChI=1S/C31H41F3/c1-2-5-22-7-9-23(10-8-22)24-11-13-25(14-12-24)26-15-17-27(18-16-26)28-20-30(33)29(31(34)21-28)6-3-4-19-32/h15-18,20-25H,2-14,19H2,1H3/t22-,23-,24-,25-. The number of unbranched alkanes of at least 4 members (excludes halogenated alkanes) is 1. The van der Waals surface area contributed by atoms with Crippen LogP contribution in [-0.2, 0) is 6.42 Å². The summed E-state index contributed by atoms with van der Waals surface area (Å²) in [6.07, 6.45) is 14.8. The van der Waals surface area contributed by atoms with Crippen LogP contribution < -0.4 is 0 Å². The third kappa shape index (κ3) is 6.26. The van der Waals surface area contributed by atoms with Crippen molar-refractivity contribution < 1.29 is 13.2 Å². The van der Waals surface area contributed by atoms with Gasteiger partial charge in [-0.1, -0.05) is 56.9 Å². The van der Waals surface area contributed by atoms with E-state index in [9.17, 15) is 13.2 Å². The van der Waals surface area contributed by atoms with Gasteiger partial charge in [-0.25, -0.2) is 8.78 Å². The highest BCUT2D eigenvalue weighted by Gasteiger charge is 2.31. The van der Waals surface area contributed by atoms with E-state index in [-0.39, 0.29) is 12.0 Å². The Bertz CT molecular complexity index is 864. The zero-order valence-electron chi connectivity index (χ0n) is 20.8. The number of hydrogen-bond acceptors (Lipinski definition) is 0. The first-order valence-electron chi connectivity index (χ1n) is 13.7. The van der Waals surface area contributed by atoms with Crippen LogP contribution >= 0.6 is 0 Å². The largest absolute Gasteiger partial charge is 0.251 e. The van der Waals surface area contributed by atoms with Gasteiger partial charge in [-0.3, -0.25) is 4.39 Å². The van der Waals surface area contributed by atoms with Crippen molar-refractivity contribution in [3.8, 4) is 11.1 Å². The molecule has 0 aliphatic heterocycles. The summed E-state index contributed by atoms with van der Waals surface area (Å²) in [5, 5.41) is 0. The van der Waals surface area contributed by atoms with Crippen molar-refractivity contribution in [1.82, 2.24) is 0 Å². The molecule has 3 heteroatoms. The zero-order chi connectivity index (χ0) is 23.9. The Hall–Kier alpha value is -1.77. The normalized spacial score (nSPS) is 25.4. The van der Waals surface area contributed by atoms with Crippen molar-refractivity contribution in [2.24, 2.45) is 17.8 Å². The van der Waals surface area contributed by atoms with Crippen LogP contribution in [0.5, 0.6) is 0 Å². The summed E-state index contributed by atoms with van der Waals surface area (Å²) in [5.74, 6) is 2.39. The maximum atomic E-state index is 14.5. The molecule has 0 N–H and O–H groups in total. The highest BCUT2D eigenvalue weighted by atomic mass is 19.1. The highest BCUT2D eigenvalue weighted by molar-refractivity contribution is 5.64. The molecule has 0 bridgehead atoms. The second-order valence-electron chi connectivity index (χ2n) is 10.9. The molecule has 34 heavy (non-hydrogen) atoms. The van der Waals surface area contributed by atoms with Crippen LogP contribution in [0.15, 0.2) is 36.4 Å². The number of benzene rings is 2. The van der Waals surface area contributed by atoms with E-state index in [1.807, 2.05) is 12.1 Å². The minimum Gasteiger partial charge on any atom is -0.251 e. The molecule has 186 valence electrons. The van der Waals surface area contributed by atoms with Crippen LogP contribution in [0.2, 0.25) is 0 Å². The smallest absolute Gasteiger partial charge is 0.129 e. The second kappa shape index (κ2) is 12.3. The molecule has 0 atom stereocenters. The van der Waals surface area contributed by atoms with Crippen LogP contribution in [0.3, 0.4) is 0 Å². The molecular weight excluding hydrogens is 429 g/mol. The molecule has 2 aromatic carbocycles. The molecule has 0 saturated heterocycles. The molecule has 0 heterocycles. The fraction of sp³-hybridized carbons (Fsp3) is 0.613. The van der Waals surface area contributed by atoms with Crippen molar-refractivity contribution in [2.75, 3.05) is 6.67 Å². The van der Waals surface area contributed by atoms with E-state index in [0.29, 0.717) is 24.3 Å². The Kier molecular flexibility index (Phi) is 9.14. The summed E-state index contributed by atoms with van der Waals surface area (Å²) in [7, 11) is 0. The first-order chi connectivity index (χ1) is 16.6. The number of hydrogen-bond donors (Lipinski definition) is 0. The average Bonchev–Trinajstić information content (AvgIpc) is 2.86. The van der Waals surface area contributed by atoms with Crippen molar-refractivity contribution in [1.29, 1.82) is 0 Å². The highest BCUT2D eigenvalue weighted by Crippen LogP contribution is 2.44. The van der Waals surface area contributed by atoms with E-state index in [1.54, 1.807) is 0 Å². The zero-order valence-corrected chi connectivity index (χ0v) is 20.8. The number of rotatable bonds is 9. The van der Waals surface area contributed by atoms with Crippen LogP contribution in [-0.4, -0.2) is 6.67 Å². The topological polar surface area (TPSA) is 0 Å². The lowest BCUT2D eigenvalue weighted by Crippen LogP contribution is -2.25. The summed E-state index contributed by atoms with van der Waals surface area (Å²) in [6.45, 7) is 1.86. The monoisotopic (exact) mass is 470 g/mol. The Morgan fingerprint density at radius 2 is 1.32 bits per heavy atom. The number of alkyl halides is 1. The van der Waals surface area contributed by atoms with Gasteiger partial charge in [-0.15, -0.1) is 0 Å². The van der Waals surface area contributed by atoms with E-state index in [0.717, 1.165) is 23.3 Å². The lowest BCUT2D eigenvalue weighted by atomic mass is 9.68. The molecule has 0 radical (unpaired) electrons. The third-order valence-corrected chi connectivity index (χ3v) is 8.69. The maximum Gasteiger partial charge on any atom is 0.129 e. The molecule has 0 unspecified atom stereocenters. The summed E-state index contributed by atoms with van der Waals surface area (Å²) < 4.78 is 41.3. The maximum absolute atomic E-state index is 14.5. The SMILES string of the molecule is CCC[C@H]1CC[C@H]([C@H]2CC[C@H](c3ccc(-c4cc(F)c(CCCCF)c(F)c4)cc3)CC2)CC1. The molecule has 2 aliphatic carbocycles. The molecule has 2 aliphatic rings. The van der Waals surface area contributed by atoms with Gasteiger partial charge >= 0.3 is 0 Å². The Balaban J connectivity index is 1.32. The predicted octanol–water partition coefficient (Wildman–Crippen LogP) is 9.80. The Labute approximate surface area is 204 Å². The van der Waals surface area contributed by atoms with E-state index in [1.165, 1.54) is 81.9 Å². The van der Waals surface area contributed by atoms with E-state index in [4.69, 9.17) is 0 Å². The van der Waals surface area contributed by atoms with E-state index < -0.39 is 18.3 Å². The van der Waals surface area contributed by atoms with Gasteiger partial charge in [0.1, 0.15) is 11.6 Å². The lowest BCUT2D eigenvalue weighted by Gasteiger charge is -2.38. The summed E-state index contributed by atoms with van der Waals surface area (Å²) >= 11 is 0. The minimum absolute atomic E-state index is 0.0735. The first-order valence-corrected chi connectivity index (χ1v) is 13.7. The fourth-order valence-electron chi connectivity index (χ4n) is 6.63. The molecule has 0 amide bonds. The van der Waals surface area contributed by atoms with Gasteiger partial charge in [-0.05, 0) is 110 Å². The van der Waals surface area contributed by atoms with Gasteiger partial charge < -0.3 is 0 Å². The van der Waals surface area contributed by atoms with Crippen molar-refractivity contribution in [3.63, 3.8) is 0 Å². The Morgan fingerprint density at radius 1 is 0.735 bits per heavy atom. The first kappa shape index (κ1) is 25.3. The van der Waals surface area contributed by atoms with E-state index >= 15 is 0 Å². The quantitative estimate of drug-likeness (QED) is 0.320. The fourth-order valence-corrected chi connectivity index (χ4v) is 6.63. The molecule has 0 spiro atoms. The molecule has 2 fully saturated rings. The van der Waals surface area contributed by atoms with Crippen molar-refractivity contribution in [2.45, 2.75) is 96.3 Å². The van der Waals surface area contributed by atoms with Crippen LogP contribution in [0.25, 0.3) is 11.1 Å².